The quantitative estimate of drug-likeness (QED) is 0.397. The average Bonchev–Trinajstić information content (AvgIpc) is 3.22. The van der Waals surface area contributed by atoms with Crippen LogP contribution < -0.4 is 10.4 Å². The molecule has 1 aliphatic heterocycles. The minimum atomic E-state index is -0.618. The molecule has 0 atom stereocenters. The SMILES string of the molecule is O=C(NO)c1cccc2c1CCN2C(=O)C(=Cc1ccncc1)c1ccc(F)cc1. The van der Waals surface area contributed by atoms with Crippen molar-refractivity contribution in [2.24, 2.45) is 0 Å². The maximum atomic E-state index is 13.5. The van der Waals surface area contributed by atoms with Gasteiger partial charge in [-0.2, -0.15) is 0 Å². The van der Waals surface area contributed by atoms with Gasteiger partial charge in [0.05, 0.1) is 0 Å². The fraction of sp³-hybridized carbons (Fsp3) is 0.0870. The highest BCUT2D eigenvalue weighted by Crippen LogP contribution is 2.33. The number of nitrogens with one attached hydrogen (secondary N) is 1. The first kappa shape index (κ1) is 19.5. The second kappa shape index (κ2) is 8.26. The maximum absolute atomic E-state index is 13.5. The number of hydroxylamine groups is 1. The minimum absolute atomic E-state index is 0.265. The summed E-state index contributed by atoms with van der Waals surface area (Å²) in [7, 11) is 0. The summed E-state index contributed by atoms with van der Waals surface area (Å²) in [5.41, 5.74) is 5.04. The Morgan fingerprint density at radius 2 is 1.80 bits per heavy atom. The van der Waals surface area contributed by atoms with Crippen LogP contribution in [-0.2, 0) is 11.2 Å². The lowest BCUT2D eigenvalue weighted by atomic mass is 10.0. The summed E-state index contributed by atoms with van der Waals surface area (Å²) in [6.07, 6.45) is 5.48. The standard InChI is InChI=1S/C23H18FN3O3/c24-17-6-4-16(5-7-17)20(14-15-8-11-25-12-9-15)23(29)27-13-10-18-19(22(28)26-30)2-1-3-21(18)27/h1-9,11-12,14,30H,10,13H2,(H,26,28). The Bertz CT molecular complexity index is 1130. The number of hydrogen-bond acceptors (Lipinski definition) is 4. The number of benzene rings is 2. The summed E-state index contributed by atoms with van der Waals surface area (Å²) in [6.45, 7) is 0.388. The molecule has 0 unspecified atom stereocenters. The van der Waals surface area contributed by atoms with Gasteiger partial charge >= 0.3 is 0 Å². The van der Waals surface area contributed by atoms with E-state index in [1.807, 2.05) is 0 Å². The van der Waals surface area contributed by atoms with Gasteiger partial charge in [0.25, 0.3) is 11.8 Å². The van der Waals surface area contributed by atoms with Gasteiger partial charge in [0.1, 0.15) is 5.82 Å². The zero-order valence-corrected chi connectivity index (χ0v) is 15.9. The van der Waals surface area contributed by atoms with Gasteiger partial charge in [-0.15, -0.1) is 0 Å². The van der Waals surface area contributed by atoms with Gasteiger partial charge in [-0.3, -0.25) is 19.8 Å². The van der Waals surface area contributed by atoms with Crippen molar-refractivity contribution in [1.29, 1.82) is 0 Å². The van der Waals surface area contributed by atoms with Crippen molar-refractivity contribution in [2.45, 2.75) is 6.42 Å². The molecule has 3 aromatic rings. The molecule has 150 valence electrons. The summed E-state index contributed by atoms with van der Waals surface area (Å²) >= 11 is 0. The number of halogens is 1. The summed E-state index contributed by atoms with van der Waals surface area (Å²) < 4.78 is 13.4. The van der Waals surface area contributed by atoms with Crippen LogP contribution in [-0.4, -0.2) is 28.6 Å². The normalized spacial score (nSPS) is 13.1. The molecule has 7 heteroatoms. The summed E-state index contributed by atoms with van der Waals surface area (Å²) in [4.78, 5) is 31.1. The van der Waals surface area contributed by atoms with Gasteiger partial charge in [0.15, 0.2) is 0 Å². The molecule has 0 saturated heterocycles. The Morgan fingerprint density at radius 3 is 2.50 bits per heavy atom. The molecule has 0 spiro atoms. The Morgan fingerprint density at radius 1 is 1.07 bits per heavy atom. The average molecular weight is 403 g/mol. The van der Waals surface area contributed by atoms with Gasteiger partial charge < -0.3 is 4.90 Å². The molecule has 1 aromatic heterocycles. The Balaban J connectivity index is 1.77. The summed E-state index contributed by atoms with van der Waals surface area (Å²) in [5.74, 6) is -1.27. The van der Waals surface area contributed by atoms with E-state index in [4.69, 9.17) is 5.21 Å². The van der Waals surface area contributed by atoms with E-state index in [0.717, 1.165) is 5.56 Å². The number of nitrogens with zero attached hydrogens (tertiary/aromatic N) is 2. The maximum Gasteiger partial charge on any atom is 0.274 e. The lowest BCUT2D eigenvalue weighted by Gasteiger charge is -2.20. The predicted octanol–water partition coefficient (Wildman–Crippen LogP) is 3.47. The fourth-order valence-corrected chi connectivity index (χ4v) is 3.59. The van der Waals surface area contributed by atoms with Crippen LogP contribution in [0, 0.1) is 5.82 Å². The first-order valence-corrected chi connectivity index (χ1v) is 9.34. The third-order valence-corrected chi connectivity index (χ3v) is 5.02. The van der Waals surface area contributed by atoms with Gasteiger partial charge in [-0.1, -0.05) is 18.2 Å². The van der Waals surface area contributed by atoms with Gasteiger partial charge in [0.2, 0.25) is 0 Å². The lowest BCUT2D eigenvalue weighted by molar-refractivity contribution is -0.113. The largest absolute Gasteiger partial charge is 0.308 e. The number of amides is 2. The van der Waals surface area contributed by atoms with E-state index in [1.165, 1.54) is 12.1 Å². The Kier molecular flexibility index (Phi) is 5.36. The molecule has 2 N–H and O–H groups in total. The highest BCUT2D eigenvalue weighted by Gasteiger charge is 2.30. The van der Waals surface area contributed by atoms with Gasteiger partial charge in [-0.25, -0.2) is 9.87 Å². The monoisotopic (exact) mass is 403 g/mol. The van der Waals surface area contributed by atoms with Crippen LogP contribution >= 0.6 is 0 Å². The lowest BCUT2D eigenvalue weighted by Crippen LogP contribution is -2.29. The smallest absolute Gasteiger partial charge is 0.274 e. The molecule has 6 nitrogen and oxygen atoms in total. The van der Waals surface area contributed by atoms with Crippen LogP contribution in [0.2, 0.25) is 0 Å². The third kappa shape index (κ3) is 3.70. The number of rotatable bonds is 4. The van der Waals surface area contributed by atoms with E-state index in [-0.39, 0.29) is 11.7 Å². The van der Waals surface area contributed by atoms with Gasteiger partial charge in [0, 0.05) is 35.8 Å². The van der Waals surface area contributed by atoms with E-state index >= 15 is 0 Å². The van der Waals surface area contributed by atoms with Crippen LogP contribution in [0.1, 0.15) is 27.0 Å². The molecular weight excluding hydrogens is 385 g/mol. The third-order valence-electron chi connectivity index (χ3n) is 5.02. The molecule has 2 heterocycles. The van der Waals surface area contributed by atoms with E-state index < -0.39 is 5.91 Å². The number of fused-ring (bicyclic) bond motifs is 1. The zero-order valence-electron chi connectivity index (χ0n) is 15.9. The molecule has 0 radical (unpaired) electrons. The number of carbonyl (C=O) groups excluding carboxylic acids is 2. The van der Waals surface area contributed by atoms with Crippen LogP contribution in [0.5, 0.6) is 0 Å². The van der Waals surface area contributed by atoms with Crippen LogP contribution in [0.25, 0.3) is 11.6 Å². The highest BCUT2D eigenvalue weighted by molar-refractivity contribution is 6.30. The first-order chi connectivity index (χ1) is 14.6. The summed E-state index contributed by atoms with van der Waals surface area (Å²) in [6, 6.07) is 14.3. The van der Waals surface area contributed by atoms with Gasteiger partial charge in [-0.05, 0) is 65.6 Å². The Hall–Kier alpha value is -3.84. The number of hydrogen-bond donors (Lipinski definition) is 2. The van der Waals surface area contributed by atoms with Crippen molar-refractivity contribution in [1.82, 2.24) is 10.5 Å². The Labute approximate surface area is 172 Å². The number of carbonyl (C=O) groups is 2. The highest BCUT2D eigenvalue weighted by atomic mass is 19.1. The fourth-order valence-electron chi connectivity index (χ4n) is 3.59. The molecule has 0 fully saturated rings. The van der Waals surface area contributed by atoms with Crippen molar-refractivity contribution in [2.75, 3.05) is 11.4 Å². The number of anilines is 1. The van der Waals surface area contributed by atoms with E-state index in [9.17, 15) is 14.0 Å². The minimum Gasteiger partial charge on any atom is -0.308 e. The van der Waals surface area contributed by atoms with Crippen LogP contribution in [0.15, 0.2) is 67.0 Å². The van der Waals surface area contributed by atoms with E-state index in [1.54, 1.807) is 71.3 Å². The number of aromatic nitrogens is 1. The van der Waals surface area contributed by atoms with E-state index in [0.29, 0.717) is 40.9 Å². The molecule has 0 bridgehead atoms. The van der Waals surface area contributed by atoms with Crippen molar-refractivity contribution >= 4 is 29.2 Å². The second-order valence-electron chi connectivity index (χ2n) is 6.80. The molecule has 4 rings (SSSR count). The molecule has 0 aliphatic carbocycles. The zero-order chi connectivity index (χ0) is 21.1. The molecular formula is C23H18FN3O3. The van der Waals surface area contributed by atoms with Crippen molar-refractivity contribution in [3.63, 3.8) is 0 Å². The molecule has 30 heavy (non-hydrogen) atoms. The van der Waals surface area contributed by atoms with Crippen molar-refractivity contribution in [3.8, 4) is 0 Å². The molecule has 0 saturated carbocycles. The van der Waals surface area contributed by atoms with Crippen LogP contribution in [0.3, 0.4) is 0 Å². The van der Waals surface area contributed by atoms with Crippen molar-refractivity contribution in [3.05, 3.63) is 95.1 Å². The van der Waals surface area contributed by atoms with E-state index in [2.05, 4.69) is 4.98 Å². The number of pyridine rings is 1. The van der Waals surface area contributed by atoms with Crippen molar-refractivity contribution < 1.29 is 19.2 Å². The predicted molar refractivity (Wildman–Crippen MR) is 110 cm³/mol. The first-order valence-electron chi connectivity index (χ1n) is 9.34. The topological polar surface area (TPSA) is 82.5 Å². The molecule has 1 aliphatic rings. The molecule has 2 amide bonds. The van der Waals surface area contributed by atoms with Crippen LogP contribution in [0.4, 0.5) is 10.1 Å². The summed E-state index contributed by atoms with van der Waals surface area (Å²) in [5, 5.41) is 8.99. The molecule has 2 aromatic carbocycles. The second-order valence-corrected chi connectivity index (χ2v) is 6.80.